The van der Waals surface area contributed by atoms with Crippen molar-refractivity contribution in [1.29, 1.82) is 0 Å². The molecule has 0 aliphatic carbocycles. The molecule has 0 spiro atoms. The number of benzene rings is 1. The van der Waals surface area contributed by atoms with Crippen LogP contribution in [0.15, 0.2) is 28.7 Å². The Hall–Kier alpha value is -2.87. The Morgan fingerprint density at radius 3 is 2.67 bits per heavy atom. The molecule has 0 saturated carbocycles. The van der Waals surface area contributed by atoms with E-state index in [4.69, 9.17) is 4.42 Å². The zero-order valence-electron chi connectivity index (χ0n) is 15.5. The lowest BCUT2D eigenvalue weighted by molar-refractivity contribution is -0.154. The van der Waals surface area contributed by atoms with Gasteiger partial charge in [0.25, 0.3) is 0 Å². The van der Waals surface area contributed by atoms with Crippen LogP contribution in [0.4, 0.5) is 0 Å². The van der Waals surface area contributed by atoms with Crippen LogP contribution >= 0.6 is 0 Å². The highest BCUT2D eigenvalue weighted by Gasteiger charge is 2.23. The Labute approximate surface area is 157 Å². The van der Waals surface area contributed by atoms with Crippen molar-refractivity contribution < 1.29 is 24.0 Å². The molecule has 0 aliphatic rings. The van der Waals surface area contributed by atoms with Gasteiger partial charge in [-0.05, 0) is 19.4 Å². The number of nitrogens with one attached hydrogen (secondary N) is 2. The molecule has 8 nitrogen and oxygen atoms in total. The minimum absolute atomic E-state index is 0.121. The highest BCUT2D eigenvalue weighted by molar-refractivity contribution is 5.99. The molecule has 1 aromatic carbocycles. The van der Waals surface area contributed by atoms with Crippen molar-refractivity contribution in [1.82, 2.24) is 15.9 Å². The van der Waals surface area contributed by atoms with Crippen LogP contribution in [0.3, 0.4) is 0 Å². The summed E-state index contributed by atoms with van der Waals surface area (Å²) in [5, 5.41) is 10.6. The third-order valence-electron chi connectivity index (χ3n) is 4.41. The number of para-hydroxylation sites is 1. The lowest BCUT2D eigenvalue weighted by Crippen LogP contribution is -2.46. The molecule has 1 heterocycles. The number of aryl methyl sites for hydroxylation is 1. The number of hydrazine groups is 1. The Bertz CT molecular complexity index is 802. The van der Waals surface area contributed by atoms with E-state index in [1.165, 1.54) is 0 Å². The van der Waals surface area contributed by atoms with E-state index in [1.807, 2.05) is 25.1 Å². The van der Waals surface area contributed by atoms with Crippen molar-refractivity contribution in [2.75, 3.05) is 6.54 Å². The summed E-state index contributed by atoms with van der Waals surface area (Å²) >= 11 is 0. The van der Waals surface area contributed by atoms with E-state index in [-0.39, 0.29) is 18.7 Å². The summed E-state index contributed by atoms with van der Waals surface area (Å²) in [6, 6.07) is 7.27. The van der Waals surface area contributed by atoms with Gasteiger partial charge in [0.2, 0.25) is 12.3 Å². The van der Waals surface area contributed by atoms with Crippen LogP contribution in [-0.2, 0) is 9.59 Å². The smallest absolute Gasteiger partial charge is 0.305 e. The molecule has 8 heteroatoms. The van der Waals surface area contributed by atoms with Crippen molar-refractivity contribution in [3.8, 4) is 0 Å². The standard InChI is InChI=1S/C19H25N3O5/c1-3-4-5-8-14(11-22(26)12-23)18(24)20-21-19(25)17-13(2)15-9-6-7-10-16(15)27-17/h6-7,9-10,12,14,26H,3-5,8,11H2,1-2H3,(H,20,24)(H,21,25)/t14-/m1/s1. The summed E-state index contributed by atoms with van der Waals surface area (Å²) < 4.78 is 5.56. The number of amides is 3. The summed E-state index contributed by atoms with van der Waals surface area (Å²) in [6.07, 6.45) is 3.42. The Kier molecular flexibility index (Phi) is 7.36. The first kappa shape index (κ1) is 20.4. The van der Waals surface area contributed by atoms with Crippen LogP contribution in [0, 0.1) is 12.8 Å². The topological polar surface area (TPSA) is 112 Å². The van der Waals surface area contributed by atoms with E-state index >= 15 is 0 Å². The first-order chi connectivity index (χ1) is 13.0. The maximum Gasteiger partial charge on any atom is 0.305 e. The summed E-state index contributed by atoms with van der Waals surface area (Å²) in [7, 11) is 0. The Morgan fingerprint density at radius 1 is 1.26 bits per heavy atom. The van der Waals surface area contributed by atoms with Gasteiger partial charge in [-0.2, -0.15) is 0 Å². The van der Waals surface area contributed by atoms with Gasteiger partial charge in [0, 0.05) is 10.9 Å². The molecule has 1 atom stereocenters. The van der Waals surface area contributed by atoms with Crippen molar-refractivity contribution in [3.63, 3.8) is 0 Å². The summed E-state index contributed by atoms with van der Waals surface area (Å²) in [6.45, 7) is 3.66. The van der Waals surface area contributed by atoms with Gasteiger partial charge in [0.1, 0.15) is 5.58 Å². The van der Waals surface area contributed by atoms with Gasteiger partial charge in [-0.1, -0.05) is 44.4 Å². The molecule has 1 aromatic heterocycles. The molecule has 0 unspecified atom stereocenters. The average molecular weight is 375 g/mol. The molecule has 3 amide bonds. The highest BCUT2D eigenvalue weighted by Crippen LogP contribution is 2.24. The van der Waals surface area contributed by atoms with E-state index in [0.717, 1.165) is 24.6 Å². The van der Waals surface area contributed by atoms with Crippen molar-refractivity contribution >= 4 is 29.2 Å². The van der Waals surface area contributed by atoms with Gasteiger partial charge in [0.05, 0.1) is 12.5 Å². The molecule has 0 radical (unpaired) electrons. The van der Waals surface area contributed by atoms with Crippen molar-refractivity contribution in [2.45, 2.75) is 39.5 Å². The summed E-state index contributed by atoms with van der Waals surface area (Å²) in [4.78, 5) is 35.4. The van der Waals surface area contributed by atoms with Crippen LogP contribution in [-0.4, -0.2) is 35.0 Å². The highest BCUT2D eigenvalue weighted by atomic mass is 16.5. The Morgan fingerprint density at radius 2 is 2.00 bits per heavy atom. The van der Waals surface area contributed by atoms with Crippen molar-refractivity contribution in [3.05, 3.63) is 35.6 Å². The minimum atomic E-state index is -0.635. The first-order valence-corrected chi connectivity index (χ1v) is 8.97. The van der Waals surface area contributed by atoms with Crippen LogP contribution in [0.25, 0.3) is 11.0 Å². The number of hydroxylamine groups is 2. The summed E-state index contributed by atoms with van der Waals surface area (Å²) in [5.41, 5.74) is 5.97. The van der Waals surface area contributed by atoms with E-state index in [0.29, 0.717) is 22.6 Å². The maximum absolute atomic E-state index is 12.4. The third-order valence-corrected chi connectivity index (χ3v) is 4.41. The predicted octanol–water partition coefficient (Wildman–Crippen LogP) is 2.55. The second kappa shape index (κ2) is 9.72. The SMILES string of the molecule is CCCCC[C@H](CN(O)C=O)C(=O)NNC(=O)c1oc2ccccc2c1C. The largest absolute Gasteiger partial charge is 0.451 e. The van der Waals surface area contributed by atoms with Gasteiger partial charge in [-0.15, -0.1) is 0 Å². The fraction of sp³-hybridized carbons (Fsp3) is 0.421. The van der Waals surface area contributed by atoms with Crippen LogP contribution in [0.2, 0.25) is 0 Å². The molecule has 0 aliphatic heterocycles. The number of unbranched alkanes of at least 4 members (excludes halogenated alkanes) is 2. The van der Waals surface area contributed by atoms with E-state index in [9.17, 15) is 19.6 Å². The maximum atomic E-state index is 12.4. The Balaban J connectivity index is 2.00. The quantitative estimate of drug-likeness (QED) is 0.270. The molecule has 2 aromatic rings. The number of rotatable bonds is 9. The summed E-state index contributed by atoms with van der Waals surface area (Å²) in [5.74, 6) is -1.56. The number of furan rings is 1. The molecule has 3 N–H and O–H groups in total. The predicted molar refractivity (Wildman–Crippen MR) is 98.7 cm³/mol. The van der Waals surface area contributed by atoms with Gasteiger partial charge in [-0.3, -0.25) is 30.4 Å². The van der Waals surface area contributed by atoms with Gasteiger partial charge in [-0.25, -0.2) is 5.06 Å². The zero-order valence-corrected chi connectivity index (χ0v) is 15.5. The molecule has 27 heavy (non-hydrogen) atoms. The second-order valence-electron chi connectivity index (χ2n) is 6.42. The fourth-order valence-electron chi connectivity index (χ4n) is 2.88. The number of fused-ring (bicyclic) bond motifs is 1. The molecule has 0 bridgehead atoms. The number of nitrogens with zero attached hydrogens (tertiary/aromatic N) is 1. The second-order valence-corrected chi connectivity index (χ2v) is 6.42. The molecule has 2 rings (SSSR count). The van der Waals surface area contributed by atoms with Gasteiger partial charge in [0.15, 0.2) is 5.76 Å². The lowest BCUT2D eigenvalue weighted by atomic mass is 10.0. The van der Waals surface area contributed by atoms with E-state index in [1.54, 1.807) is 13.0 Å². The van der Waals surface area contributed by atoms with Gasteiger partial charge < -0.3 is 4.42 Å². The van der Waals surface area contributed by atoms with Crippen LogP contribution in [0.5, 0.6) is 0 Å². The zero-order chi connectivity index (χ0) is 19.8. The molecular weight excluding hydrogens is 350 g/mol. The van der Waals surface area contributed by atoms with E-state index in [2.05, 4.69) is 10.9 Å². The fourth-order valence-corrected chi connectivity index (χ4v) is 2.88. The van der Waals surface area contributed by atoms with Crippen LogP contribution < -0.4 is 10.9 Å². The number of carbonyl (C=O) groups is 3. The molecule has 0 saturated heterocycles. The normalized spacial score (nSPS) is 11.8. The lowest BCUT2D eigenvalue weighted by Gasteiger charge is -2.19. The first-order valence-electron chi connectivity index (χ1n) is 8.97. The number of hydrogen-bond donors (Lipinski definition) is 3. The third kappa shape index (κ3) is 5.30. The molecular formula is C19H25N3O5. The average Bonchev–Trinajstić information content (AvgIpc) is 3.02. The number of hydrogen-bond acceptors (Lipinski definition) is 5. The van der Waals surface area contributed by atoms with Crippen molar-refractivity contribution in [2.24, 2.45) is 5.92 Å². The van der Waals surface area contributed by atoms with Crippen LogP contribution in [0.1, 0.15) is 48.7 Å². The molecule has 0 fully saturated rings. The van der Waals surface area contributed by atoms with Gasteiger partial charge >= 0.3 is 5.91 Å². The molecule has 146 valence electrons. The minimum Gasteiger partial charge on any atom is -0.451 e. The number of carbonyl (C=O) groups excluding carboxylic acids is 3. The monoisotopic (exact) mass is 375 g/mol. The van der Waals surface area contributed by atoms with E-state index < -0.39 is 17.7 Å².